The minimum atomic E-state index is -0.248. The van der Waals surface area contributed by atoms with Crippen molar-refractivity contribution >= 4 is 11.9 Å². The van der Waals surface area contributed by atoms with Gasteiger partial charge in [0.2, 0.25) is 5.95 Å². The Morgan fingerprint density at radius 2 is 1.79 bits per heavy atom. The zero-order chi connectivity index (χ0) is 19.8. The first-order chi connectivity index (χ1) is 13.7. The molecule has 6 heteroatoms. The molecule has 0 radical (unpaired) electrons. The molecule has 3 rings (SSSR count). The SMILES string of the molecule is CCN(Cc1ccccc1)C(=O)c1ccnc(NCCc2ccc(F)cc2)n1. The van der Waals surface area contributed by atoms with E-state index in [4.69, 9.17) is 0 Å². The van der Waals surface area contributed by atoms with Gasteiger partial charge in [0.15, 0.2) is 0 Å². The van der Waals surface area contributed by atoms with Crippen LogP contribution in [0.25, 0.3) is 0 Å². The van der Waals surface area contributed by atoms with E-state index < -0.39 is 0 Å². The number of hydrogen-bond acceptors (Lipinski definition) is 4. The van der Waals surface area contributed by atoms with E-state index in [1.54, 1.807) is 29.3 Å². The number of benzene rings is 2. The Hall–Kier alpha value is -3.28. The lowest BCUT2D eigenvalue weighted by Crippen LogP contribution is -2.31. The summed E-state index contributed by atoms with van der Waals surface area (Å²) in [5.41, 5.74) is 2.45. The van der Waals surface area contributed by atoms with E-state index in [9.17, 15) is 9.18 Å². The summed E-state index contributed by atoms with van der Waals surface area (Å²) in [4.78, 5) is 23.1. The van der Waals surface area contributed by atoms with Gasteiger partial charge in [0.25, 0.3) is 5.91 Å². The first kappa shape index (κ1) is 19.5. The highest BCUT2D eigenvalue weighted by Crippen LogP contribution is 2.10. The largest absolute Gasteiger partial charge is 0.354 e. The summed E-state index contributed by atoms with van der Waals surface area (Å²) >= 11 is 0. The van der Waals surface area contributed by atoms with E-state index in [0.717, 1.165) is 11.1 Å². The molecule has 1 amide bonds. The van der Waals surface area contributed by atoms with Crippen LogP contribution in [0.4, 0.5) is 10.3 Å². The van der Waals surface area contributed by atoms with Crippen molar-refractivity contribution < 1.29 is 9.18 Å². The van der Waals surface area contributed by atoms with Gasteiger partial charge in [-0.25, -0.2) is 14.4 Å². The van der Waals surface area contributed by atoms with Crippen LogP contribution in [0.3, 0.4) is 0 Å². The molecule has 3 aromatic rings. The molecule has 2 aromatic carbocycles. The van der Waals surface area contributed by atoms with E-state index in [-0.39, 0.29) is 11.7 Å². The van der Waals surface area contributed by atoms with Gasteiger partial charge in [0.05, 0.1) is 0 Å². The van der Waals surface area contributed by atoms with E-state index >= 15 is 0 Å². The fraction of sp³-hybridized carbons (Fsp3) is 0.227. The number of carbonyl (C=O) groups is 1. The third-order valence-electron chi connectivity index (χ3n) is 4.37. The molecule has 0 aliphatic rings. The maximum Gasteiger partial charge on any atom is 0.272 e. The molecule has 1 N–H and O–H groups in total. The first-order valence-electron chi connectivity index (χ1n) is 9.30. The van der Waals surface area contributed by atoms with Crippen LogP contribution >= 0.6 is 0 Å². The molecule has 1 heterocycles. The van der Waals surface area contributed by atoms with Crippen molar-refractivity contribution in [2.75, 3.05) is 18.4 Å². The van der Waals surface area contributed by atoms with Crippen molar-refractivity contribution in [1.82, 2.24) is 14.9 Å². The topological polar surface area (TPSA) is 58.1 Å². The molecule has 144 valence electrons. The van der Waals surface area contributed by atoms with Crippen LogP contribution < -0.4 is 5.32 Å². The van der Waals surface area contributed by atoms with Crippen molar-refractivity contribution in [1.29, 1.82) is 0 Å². The van der Waals surface area contributed by atoms with E-state index in [1.165, 1.54) is 12.1 Å². The Labute approximate surface area is 164 Å². The maximum absolute atomic E-state index is 13.0. The molecule has 0 aliphatic carbocycles. The Kier molecular flexibility index (Phi) is 6.68. The first-order valence-corrected chi connectivity index (χ1v) is 9.30. The standard InChI is InChI=1S/C22H23FN4O/c1-2-27(16-18-6-4-3-5-7-18)21(28)20-13-15-25-22(26-20)24-14-12-17-8-10-19(23)11-9-17/h3-11,13,15H,2,12,14,16H2,1H3,(H,24,25,26). The van der Waals surface area contributed by atoms with Gasteiger partial charge in [-0.05, 0) is 42.7 Å². The van der Waals surface area contributed by atoms with Crippen LogP contribution in [0.5, 0.6) is 0 Å². The molecule has 0 atom stereocenters. The van der Waals surface area contributed by atoms with Crippen LogP contribution in [0.2, 0.25) is 0 Å². The number of rotatable bonds is 8. The lowest BCUT2D eigenvalue weighted by atomic mass is 10.1. The predicted molar refractivity (Wildman–Crippen MR) is 107 cm³/mol. The Morgan fingerprint density at radius 3 is 2.50 bits per heavy atom. The zero-order valence-corrected chi connectivity index (χ0v) is 15.8. The van der Waals surface area contributed by atoms with Crippen LogP contribution in [0.15, 0.2) is 66.9 Å². The maximum atomic E-state index is 13.0. The second kappa shape index (κ2) is 9.60. The van der Waals surface area contributed by atoms with Crippen molar-refractivity contribution in [2.45, 2.75) is 19.9 Å². The average molecular weight is 378 g/mol. The summed E-state index contributed by atoms with van der Waals surface area (Å²) < 4.78 is 13.0. The summed E-state index contributed by atoms with van der Waals surface area (Å²) in [5.74, 6) is 0.0290. The Bertz CT molecular complexity index is 900. The van der Waals surface area contributed by atoms with Crippen LogP contribution in [0.1, 0.15) is 28.5 Å². The molecule has 0 spiro atoms. The molecular weight excluding hydrogens is 355 g/mol. The number of carbonyl (C=O) groups excluding carboxylic acids is 1. The van der Waals surface area contributed by atoms with Crippen molar-refractivity contribution in [3.8, 4) is 0 Å². The second-order valence-electron chi connectivity index (χ2n) is 6.37. The van der Waals surface area contributed by atoms with Gasteiger partial charge in [-0.3, -0.25) is 4.79 Å². The zero-order valence-electron chi connectivity index (χ0n) is 15.8. The second-order valence-corrected chi connectivity index (χ2v) is 6.37. The van der Waals surface area contributed by atoms with Crippen molar-refractivity contribution in [3.05, 3.63) is 89.5 Å². The van der Waals surface area contributed by atoms with Crippen LogP contribution in [-0.2, 0) is 13.0 Å². The van der Waals surface area contributed by atoms with Crippen LogP contribution in [-0.4, -0.2) is 33.9 Å². The predicted octanol–water partition coefficient (Wildman–Crippen LogP) is 3.93. The highest BCUT2D eigenvalue weighted by atomic mass is 19.1. The molecule has 28 heavy (non-hydrogen) atoms. The van der Waals surface area contributed by atoms with Crippen LogP contribution in [0, 0.1) is 5.82 Å². The van der Waals surface area contributed by atoms with E-state index in [2.05, 4.69) is 15.3 Å². The van der Waals surface area contributed by atoms with Gasteiger partial charge in [-0.15, -0.1) is 0 Å². The molecule has 0 bridgehead atoms. The normalized spacial score (nSPS) is 10.5. The van der Waals surface area contributed by atoms with Gasteiger partial charge in [-0.2, -0.15) is 0 Å². The van der Waals surface area contributed by atoms with Gasteiger partial charge < -0.3 is 10.2 Å². The average Bonchev–Trinajstić information content (AvgIpc) is 2.74. The quantitative estimate of drug-likeness (QED) is 0.645. The third kappa shape index (κ3) is 5.36. The molecule has 0 unspecified atom stereocenters. The number of halogens is 1. The number of nitrogens with one attached hydrogen (secondary N) is 1. The summed E-state index contributed by atoms with van der Waals surface area (Å²) in [6.45, 7) is 3.66. The monoisotopic (exact) mass is 378 g/mol. The molecule has 0 aliphatic heterocycles. The number of aromatic nitrogens is 2. The van der Waals surface area contributed by atoms with Crippen molar-refractivity contribution in [3.63, 3.8) is 0 Å². The summed E-state index contributed by atoms with van der Waals surface area (Å²) in [6, 6.07) is 17.9. The molecule has 0 saturated carbocycles. The Balaban J connectivity index is 1.60. The fourth-order valence-electron chi connectivity index (χ4n) is 2.83. The summed E-state index contributed by atoms with van der Waals surface area (Å²) in [6.07, 6.45) is 2.29. The Morgan fingerprint density at radius 1 is 1.04 bits per heavy atom. The van der Waals surface area contributed by atoms with Gasteiger partial charge in [-0.1, -0.05) is 42.5 Å². The number of amides is 1. The highest BCUT2D eigenvalue weighted by Gasteiger charge is 2.16. The fourth-order valence-corrected chi connectivity index (χ4v) is 2.83. The smallest absolute Gasteiger partial charge is 0.272 e. The third-order valence-corrected chi connectivity index (χ3v) is 4.37. The lowest BCUT2D eigenvalue weighted by molar-refractivity contribution is 0.0746. The van der Waals surface area contributed by atoms with E-state index in [0.29, 0.717) is 37.7 Å². The summed E-state index contributed by atoms with van der Waals surface area (Å²) in [5, 5.41) is 3.12. The number of hydrogen-bond donors (Lipinski definition) is 1. The molecular formula is C22H23FN4O. The molecule has 1 aromatic heterocycles. The van der Waals surface area contributed by atoms with Crippen molar-refractivity contribution in [2.24, 2.45) is 0 Å². The van der Waals surface area contributed by atoms with Gasteiger partial charge >= 0.3 is 0 Å². The highest BCUT2D eigenvalue weighted by molar-refractivity contribution is 5.92. The minimum Gasteiger partial charge on any atom is -0.354 e. The molecule has 5 nitrogen and oxygen atoms in total. The molecule has 0 saturated heterocycles. The summed E-state index contributed by atoms with van der Waals surface area (Å²) in [7, 11) is 0. The molecule has 0 fully saturated rings. The van der Waals surface area contributed by atoms with E-state index in [1.807, 2.05) is 37.3 Å². The number of anilines is 1. The van der Waals surface area contributed by atoms with Gasteiger partial charge in [0, 0.05) is 25.8 Å². The van der Waals surface area contributed by atoms with Gasteiger partial charge in [0.1, 0.15) is 11.5 Å². The number of nitrogens with zero attached hydrogens (tertiary/aromatic N) is 3. The lowest BCUT2D eigenvalue weighted by Gasteiger charge is -2.20. The minimum absolute atomic E-state index is 0.129.